The average Bonchev–Trinajstić information content (AvgIpc) is 2.35. The maximum atomic E-state index is 10.4. The van der Waals surface area contributed by atoms with Crippen LogP contribution in [0.5, 0.6) is 0 Å². The number of hydrogen-bond acceptors (Lipinski definition) is 2. The molecule has 0 amide bonds. The molecule has 0 unspecified atom stereocenters. The predicted octanol–water partition coefficient (Wildman–Crippen LogP) is 2.64. The molecule has 0 radical (unpaired) electrons. The first-order valence-corrected chi connectivity index (χ1v) is 6.70. The molecule has 17 heavy (non-hydrogen) atoms. The van der Waals surface area contributed by atoms with Gasteiger partial charge in [-0.1, -0.05) is 30.3 Å². The number of hydrogen-bond donors (Lipinski definition) is 2. The Hall–Kier alpha value is -0.860. The fourth-order valence-electron chi connectivity index (χ4n) is 2.69. The molecule has 1 aliphatic carbocycles. The standard InChI is InChI=1S/C15H23NO/c16-14-8-11-15(17,12-9-14)10-4-7-13-5-2-1-3-6-13/h1-3,5-6,14,17H,4,7-12,16H2. The van der Waals surface area contributed by atoms with Crippen LogP contribution in [0.25, 0.3) is 0 Å². The van der Waals surface area contributed by atoms with Crippen molar-refractivity contribution in [3.8, 4) is 0 Å². The first kappa shape index (κ1) is 12.6. The van der Waals surface area contributed by atoms with E-state index in [1.165, 1.54) is 5.56 Å². The molecule has 1 aliphatic rings. The lowest BCUT2D eigenvalue weighted by atomic mass is 9.79. The van der Waals surface area contributed by atoms with Gasteiger partial charge in [-0.05, 0) is 50.5 Å². The highest BCUT2D eigenvalue weighted by Gasteiger charge is 2.31. The van der Waals surface area contributed by atoms with Gasteiger partial charge in [0.1, 0.15) is 0 Å². The molecular formula is C15H23NO. The van der Waals surface area contributed by atoms with Crippen LogP contribution in [0.1, 0.15) is 44.1 Å². The Labute approximate surface area is 104 Å². The lowest BCUT2D eigenvalue weighted by Crippen LogP contribution is -2.38. The summed E-state index contributed by atoms with van der Waals surface area (Å²) in [7, 11) is 0. The van der Waals surface area contributed by atoms with E-state index in [4.69, 9.17) is 5.73 Å². The van der Waals surface area contributed by atoms with Gasteiger partial charge in [0.2, 0.25) is 0 Å². The number of rotatable bonds is 4. The number of nitrogens with two attached hydrogens (primary N) is 1. The van der Waals surface area contributed by atoms with Crippen molar-refractivity contribution < 1.29 is 5.11 Å². The molecule has 0 aliphatic heterocycles. The van der Waals surface area contributed by atoms with Crippen molar-refractivity contribution in [3.05, 3.63) is 35.9 Å². The topological polar surface area (TPSA) is 46.2 Å². The third kappa shape index (κ3) is 3.83. The zero-order valence-corrected chi connectivity index (χ0v) is 10.4. The molecule has 0 saturated heterocycles. The summed E-state index contributed by atoms with van der Waals surface area (Å²) >= 11 is 0. The van der Waals surface area contributed by atoms with E-state index in [2.05, 4.69) is 24.3 Å². The van der Waals surface area contributed by atoms with Gasteiger partial charge in [0.25, 0.3) is 0 Å². The SMILES string of the molecule is NC1CCC(O)(CCCc2ccccc2)CC1. The summed E-state index contributed by atoms with van der Waals surface area (Å²) in [5.41, 5.74) is 6.79. The molecule has 0 aromatic heterocycles. The minimum Gasteiger partial charge on any atom is -0.390 e. The van der Waals surface area contributed by atoms with Gasteiger partial charge in [-0.3, -0.25) is 0 Å². The van der Waals surface area contributed by atoms with Crippen molar-refractivity contribution in [2.45, 2.75) is 56.6 Å². The molecule has 2 rings (SSSR count). The highest BCUT2D eigenvalue weighted by molar-refractivity contribution is 5.14. The Bertz CT molecular complexity index is 328. The van der Waals surface area contributed by atoms with E-state index in [-0.39, 0.29) is 0 Å². The summed E-state index contributed by atoms with van der Waals surface area (Å²) in [6, 6.07) is 10.8. The van der Waals surface area contributed by atoms with Crippen molar-refractivity contribution in [3.63, 3.8) is 0 Å². The Morgan fingerprint density at radius 1 is 1.18 bits per heavy atom. The highest BCUT2D eigenvalue weighted by atomic mass is 16.3. The summed E-state index contributed by atoms with van der Waals surface area (Å²) in [5.74, 6) is 0. The lowest BCUT2D eigenvalue weighted by Gasteiger charge is -2.34. The van der Waals surface area contributed by atoms with Crippen LogP contribution >= 0.6 is 0 Å². The Morgan fingerprint density at radius 2 is 1.82 bits per heavy atom. The Balaban J connectivity index is 1.75. The van der Waals surface area contributed by atoms with Crippen molar-refractivity contribution in [1.82, 2.24) is 0 Å². The van der Waals surface area contributed by atoms with Crippen LogP contribution in [-0.2, 0) is 6.42 Å². The van der Waals surface area contributed by atoms with Gasteiger partial charge in [0.05, 0.1) is 5.60 Å². The molecule has 1 aromatic carbocycles. The van der Waals surface area contributed by atoms with Gasteiger partial charge in [-0.15, -0.1) is 0 Å². The van der Waals surface area contributed by atoms with E-state index in [0.717, 1.165) is 44.9 Å². The monoisotopic (exact) mass is 233 g/mol. The summed E-state index contributed by atoms with van der Waals surface area (Å²) in [6.07, 6.45) is 6.75. The first-order valence-electron chi connectivity index (χ1n) is 6.70. The van der Waals surface area contributed by atoms with E-state index >= 15 is 0 Å². The van der Waals surface area contributed by atoms with Crippen LogP contribution in [0.3, 0.4) is 0 Å². The second-order valence-corrected chi connectivity index (χ2v) is 5.40. The van der Waals surface area contributed by atoms with Gasteiger partial charge in [0.15, 0.2) is 0 Å². The van der Waals surface area contributed by atoms with Crippen molar-refractivity contribution in [1.29, 1.82) is 0 Å². The van der Waals surface area contributed by atoms with E-state index < -0.39 is 5.60 Å². The Morgan fingerprint density at radius 3 is 2.47 bits per heavy atom. The average molecular weight is 233 g/mol. The second kappa shape index (κ2) is 5.65. The maximum Gasteiger partial charge on any atom is 0.0649 e. The van der Waals surface area contributed by atoms with Crippen LogP contribution in [0.4, 0.5) is 0 Å². The van der Waals surface area contributed by atoms with Crippen molar-refractivity contribution in [2.24, 2.45) is 5.73 Å². The summed E-state index contributed by atoms with van der Waals surface area (Å²) in [5, 5.41) is 10.4. The van der Waals surface area contributed by atoms with E-state index in [0.29, 0.717) is 6.04 Å². The van der Waals surface area contributed by atoms with Gasteiger partial charge < -0.3 is 10.8 Å². The largest absolute Gasteiger partial charge is 0.390 e. The number of aryl methyl sites for hydroxylation is 1. The molecule has 1 saturated carbocycles. The first-order chi connectivity index (χ1) is 8.18. The van der Waals surface area contributed by atoms with E-state index in [1.54, 1.807) is 0 Å². The molecule has 94 valence electrons. The summed E-state index contributed by atoms with van der Waals surface area (Å²) in [4.78, 5) is 0. The molecule has 3 N–H and O–H groups in total. The Kier molecular flexibility index (Phi) is 4.19. The maximum absolute atomic E-state index is 10.4. The smallest absolute Gasteiger partial charge is 0.0649 e. The van der Waals surface area contributed by atoms with Crippen LogP contribution in [0.15, 0.2) is 30.3 Å². The molecule has 0 spiro atoms. The molecule has 2 heteroatoms. The van der Waals surface area contributed by atoms with Gasteiger partial charge in [0, 0.05) is 6.04 Å². The van der Waals surface area contributed by atoms with Gasteiger partial charge >= 0.3 is 0 Å². The zero-order chi connectivity index (χ0) is 12.1. The van der Waals surface area contributed by atoms with Crippen LogP contribution in [0, 0.1) is 0 Å². The fourth-order valence-corrected chi connectivity index (χ4v) is 2.69. The predicted molar refractivity (Wildman–Crippen MR) is 70.8 cm³/mol. The summed E-state index contributed by atoms with van der Waals surface area (Å²) < 4.78 is 0. The highest BCUT2D eigenvalue weighted by Crippen LogP contribution is 2.31. The number of benzene rings is 1. The van der Waals surface area contributed by atoms with Gasteiger partial charge in [-0.2, -0.15) is 0 Å². The molecule has 0 bridgehead atoms. The normalized spacial score (nSPS) is 29.2. The molecule has 0 atom stereocenters. The minimum absolute atomic E-state index is 0.310. The van der Waals surface area contributed by atoms with E-state index in [1.807, 2.05) is 6.07 Å². The van der Waals surface area contributed by atoms with Crippen LogP contribution in [0.2, 0.25) is 0 Å². The van der Waals surface area contributed by atoms with Crippen molar-refractivity contribution >= 4 is 0 Å². The second-order valence-electron chi connectivity index (χ2n) is 5.40. The van der Waals surface area contributed by atoms with E-state index in [9.17, 15) is 5.11 Å². The van der Waals surface area contributed by atoms with Gasteiger partial charge in [-0.25, -0.2) is 0 Å². The molecule has 1 fully saturated rings. The number of aliphatic hydroxyl groups is 1. The molecular weight excluding hydrogens is 210 g/mol. The van der Waals surface area contributed by atoms with Crippen LogP contribution < -0.4 is 5.73 Å². The molecule has 1 aromatic rings. The summed E-state index contributed by atoms with van der Waals surface area (Å²) in [6.45, 7) is 0. The zero-order valence-electron chi connectivity index (χ0n) is 10.4. The van der Waals surface area contributed by atoms with Crippen LogP contribution in [-0.4, -0.2) is 16.7 Å². The molecule has 2 nitrogen and oxygen atoms in total. The fraction of sp³-hybridized carbons (Fsp3) is 0.600. The third-order valence-electron chi connectivity index (χ3n) is 3.91. The third-order valence-corrected chi connectivity index (χ3v) is 3.91. The minimum atomic E-state index is -0.440. The molecule has 0 heterocycles. The quantitative estimate of drug-likeness (QED) is 0.839. The lowest BCUT2D eigenvalue weighted by molar-refractivity contribution is -0.00930. The van der Waals surface area contributed by atoms with Crippen molar-refractivity contribution in [2.75, 3.05) is 0 Å².